The van der Waals surface area contributed by atoms with E-state index in [1.165, 1.54) is 5.56 Å². The average Bonchev–Trinajstić information content (AvgIpc) is 2.57. The first kappa shape index (κ1) is 13.6. The van der Waals surface area contributed by atoms with Gasteiger partial charge in [-0.15, -0.1) is 0 Å². The number of anilines is 1. The maximum Gasteiger partial charge on any atom is 0.227 e. The van der Waals surface area contributed by atoms with E-state index in [-0.39, 0.29) is 11.8 Å². The van der Waals surface area contributed by atoms with Crippen LogP contribution in [0.4, 0.5) is 5.69 Å². The van der Waals surface area contributed by atoms with E-state index in [1.807, 2.05) is 42.5 Å². The standard InChI is InChI=1S/C19H19NO/c21-19(17-9-5-2-6-10-17)20-18-13-11-16(12-14-18)15-7-3-1-4-8-15/h1-5,7-8,11-14,17H,6,9-10H2,(H,20,21)/t17-/m0/s1. The van der Waals surface area contributed by atoms with Gasteiger partial charge in [0.2, 0.25) is 5.91 Å². The quantitative estimate of drug-likeness (QED) is 0.813. The van der Waals surface area contributed by atoms with Gasteiger partial charge in [-0.25, -0.2) is 0 Å². The molecule has 0 aliphatic heterocycles. The lowest BCUT2D eigenvalue weighted by atomic mass is 9.93. The molecule has 1 atom stereocenters. The van der Waals surface area contributed by atoms with Crippen LogP contribution in [0.25, 0.3) is 11.1 Å². The molecule has 0 spiro atoms. The van der Waals surface area contributed by atoms with Crippen LogP contribution in [0.2, 0.25) is 0 Å². The molecule has 0 aromatic heterocycles. The molecule has 0 unspecified atom stereocenters. The Hall–Kier alpha value is -2.35. The van der Waals surface area contributed by atoms with Gasteiger partial charge in [0.1, 0.15) is 0 Å². The van der Waals surface area contributed by atoms with E-state index in [0.29, 0.717) is 0 Å². The number of rotatable bonds is 3. The lowest BCUT2D eigenvalue weighted by Gasteiger charge is -2.17. The molecule has 0 saturated heterocycles. The second-order valence-electron chi connectivity index (χ2n) is 5.41. The predicted octanol–water partition coefficient (Wildman–Crippen LogP) is 4.65. The van der Waals surface area contributed by atoms with Crippen molar-refractivity contribution in [3.63, 3.8) is 0 Å². The molecule has 2 aromatic rings. The zero-order valence-corrected chi connectivity index (χ0v) is 12.0. The summed E-state index contributed by atoms with van der Waals surface area (Å²) in [5.41, 5.74) is 3.22. The molecule has 0 radical (unpaired) electrons. The third-order valence-corrected chi connectivity index (χ3v) is 3.90. The Morgan fingerprint density at radius 3 is 2.29 bits per heavy atom. The van der Waals surface area contributed by atoms with Crippen LogP contribution in [0.3, 0.4) is 0 Å². The van der Waals surface area contributed by atoms with Crippen molar-refractivity contribution in [1.29, 1.82) is 0 Å². The maximum atomic E-state index is 12.2. The minimum Gasteiger partial charge on any atom is -0.326 e. The van der Waals surface area contributed by atoms with Crippen LogP contribution in [-0.2, 0) is 4.79 Å². The van der Waals surface area contributed by atoms with Crippen LogP contribution in [-0.4, -0.2) is 5.91 Å². The van der Waals surface area contributed by atoms with Crippen molar-refractivity contribution in [2.24, 2.45) is 5.92 Å². The summed E-state index contributed by atoms with van der Waals surface area (Å²) in [4.78, 5) is 12.2. The van der Waals surface area contributed by atoms with Gasteiger partial charge < -0.3 is 5.32 Å². The lowest BCUT2D eigenvalue weighted by Crippen LogP contribution is -2.23. The smallest absolute Gasteiger partial charge is 0.227 e. The summed E-state index contributed by atoms with van der Waals surface area (Å²) in [5.74, 6) is 0.246. The topological polar surface area (TPSA) is 29.1 Å². The molecule has 1 N–H and O–H groups in total. The first-order valence-electron chi connectivity index (χ1n) is 7.44. The fraction of sp³-hybridized carbons (Fsp3) is 0.211. The Kier molecular flexibility index (Phi) is 4.15. The number of amides is 1. The highest BCUT2D eigenvalue weighted by Crippen LogP contribution is 2.23. The maximum absolute atomic E-state index is 12.2. The third-order valence-electron chi connectivity index (χ3n) is 3.90. The molecule has 106 valence electrons. The van der Waals surface area contributed by atoms with Gasteiger partial charge in [0, 0.05) is 11.6 Å². The van der Waals surface area contributed by atoms with Gasteiger partial charge in [-0.2, -0.15) is 0 Å². The molecule has 2 heteroatoms. The molecule has 1 amide bonds. The van der Waals surface area contributed by atoms with Gasteiger partial charge >= 0.3 is 0 Å². The number of nitrogens with one attached hydrogen (secondary N) is 1. The Bertz CT molecular complexity index is 628. The summed E-state index contributed by atoms with van der Waals surface area (Å²) in [6, 6.07) is 18.3. The molecule has 3 rings (SSSR count). The second kappa shape index (κ2) is 6.40. The molecule has 1 aliphatic carbocycles. The number of benzene rings is 2. The fourth-order valence-corrected chi connectivity index (χ4v) is 2.65. The highest BCUT2D eigenvalue weighted by atomic mass is 16.1. The number of carbonyl (C=O) groups excluding carboxylic acids is 1. The van der Waals surface area contributed by atoms with Gasteiger partial charge in [0.05, 0.1) is 0 Å². The van der Waals surface area contributed by atoms with E-state index in [9.17, 15) is 4.79 Å². The molecule has 0 bridgehead atoms. The first-order chi connectivity index (χ1) is 10.3. The van der Waals surface area contributed by atoms with Crippen molar-refractivity contribution < 1.29 is 4.79 Å². The van der Waals surface area contributed by atoms with Crippen molar-refractivity contribution in [3.8, 4) is 11.1 Å². The van der Waals surface area contributed by atoms with Crippen LogP contribution in [0, 0.1) is 5.92 Å². The van der Waals surface area contributed by atoms with Crippen LogP contribution < -0.4 is 5.32 Å². The number of hydrogen-bond acceptors (Lipinski definition) is 1. The molecule has 1 aliphatic rings. The summed E-state index contributed by atoms with van der Waals surface area (Å²) >= 11 is 0. The summed E-state index contributed by atoms with van der Waals surface area (Å²) in [6.07, 6.45) is 7.06. The van der Waals surface area contributed by atoms with Crippen molar-refractivity contribution in [2.45, 2.75) is 19.3 Å². The zero-order chi connectivity index (χ0) is 14.5. The minimum absolute atomic E-state index is 0.115. The SMILES string of the molecule is O=C(Nc1ccc(-c2ccccc2)cc1)[C@H]1CC=CCC1. The summed E-state index contributed by atoms with van der Waals surface area (Å²) < 4.78 is 0. The van der Waals surface area contributed by atoms with Gasteiger partial charge in [0.15, 0.2) is 0 Å². The van der Waals surface area contributed by atoms with E-state index < -0.39 is 0 Å². The van der Waals surface area contributed by atoms with E-state index in [0.717, 1.165) is 30.5 Å². The largest absolute Gasteiger partial charge is 0.326 e. The third kappa shape index (κ3) is 3.40. The Balaban J connectivity index is 1.67. The summed E-state index contributed by atoms with van der Waals surface area (Å²) in [7, 11) is 0. The number of hydrogen-bond donors (Lipinski definition) is 1. The number of carbonyl (C=O) groups is 1. The van der Waals surface area contributed by atoms with E-state index in [1.54, 1.807) is 0 Å². The van der Waals surface area contributed by atoms with Crippen LogP contribution in [0.5, 0.6) is 0 Å². The summed E-state index contributed by atoms with van der Waals surface area (Å²) in [6.45, 7) is 0. The van der Waals surface area contributed by atoms with Gasteiger partial charge in [-0.05, 0) is 42.5 Å². The van der Waals surface area contributed by atoms with Crippen LogP contribution >= 0.6 is 0 Å². The molecule has 0 fully saturated rings. The Morgan fingerprint density at radius 1 is 0.905 bits per heavy atom. The van der Waals surface area contributed by atoms with Crippen LogP contribution in [0.15, 0.2) is 66.7 Å². The van der Waals surface area contributed by atoms with Crippen molar-refractivity contribution >= 4 is 11.6 Å². The molecule has 2 nitrogen and oxygen atoms in total. The van der Waals surface area contributed by atoms with Gasteiger partial charge in [-0.1, -0.05) is 54.6 Å². The number of allylic oxidation sites excluding steroid dienone is 2. The monoisotopic (exact) mass is 277 g/mol. The highest BCUT2D eigenvalue weighted by Gasteiger charge is 2.18. The normalized spacial score (nSPS) is 17.4. The van der Waals surface area contributed by atoms with Crippen molar-refractivity contribution in [3.05, 3.63) is 66.7 Å². The van der Waals surface area contributed by atoms with E-state index >= 15 is 0 Å². The highest BCUT2D eigenvalue weighted by molar-refractivity contribution is 5.93. The predicted molar refractivity (Wildman–Crippen MR) is 87.0 cm³/mol. The molecule has 0 heterocycles. The molecular formula is C19H19NO. The fourth-order valence-electron chi connectivity index (χ4n) is 2.65. The molecule has 2 aromatic carbocycles. The van der Waals surface area contributed by atoms with Gasteiger partial charge in [-0.3, -0.25) is 4.79 Å². The molecule has 0 saturated carbocycles. The molecular weight excluding hydrogens is 258 g/mol. The average molecular weight is 277 g/mol. The van der Waals surface area contributed by atoms with E-state index in [2.05, 4.69) is 29.6 Å². The van der Waals surface area contributed by atoms with E-state index in [4.69, 9.17) is 0 Å². The molecule has 21 heavy (non-hydrogen) atoms. The first-order valence-corrected chi connectivity index (χ1v) is 7.44. The summed E-state index contributed by atoms with van der Waals surface area (Å²) in [5, 5.41) is 3.02. The van der Waals surface area contributed by atoms with Gasteiger partial charge in [0.25, 0.3) is 0 Å². The minimum atomic E-state index is 0.115. The lowest BCUT2D eigenvalue weighted by molar-refractivity contribution is -0.120. The van der Waals surface area contributed by atoms with Crippen LogP contribution in [0.1, 0.15) is 19.3 Å². The Labute approximate surface area is 125 Å². The van der Waals surface area contributed by atoms with Crippen molar-refractivity contribution in [2.75, 3.05) is 5.32 Å². The van der Waals surface area contributed by atoms with Crippen molar-refractivity contribution in [1.82, 2.24) is 0 Å². The second-order valence-corrected chi connectivity index (χ2v) is 5.41. The zero-order valence-electron chi connectivity index (χ0n) is 12.0. The Morgan fingerprint density at radius 2 is 1.62 bits per heavy atom.